The number of ketones is 1. The fourth-order valence-electron chi connectivity index (χ4n) is 6.66. The van der Waals surface area contributed by atoms with Crippen molar-refractivity contribution in [1.29, 1.82) is 0 Å². The minimum absolute atomic E-state index is 0.0725. The molecule has 1 fully saturated rings. The smallest absolute Gasteiger partial charge is 0.326 e. The van der Waals surface area contributed by atoms with Crippen LogP contribution in [0, 0.1) is 0 Å². The molecule has 2 unspecified atom stereocenters. The number of hydrogen-bond acceptors (Lipinski definition) is 15. The number of aliphatic carboxylic acids is 4. The summed E-state index contributed by atoms with van der Waals surface area (Å²) in [4.78, 5) is 128. The third-order valence-corrected chi connectivity index (χ3v) is 11.0. The van der Waals surface area contributed by atoms with Crippen molar-refractivity contribution >= 4 is 71.1 Å². The van der Waals surface area contributed by atoms with E-state index in [2.05, 4.69) is 31.9 Å². The molecular formula is C41H72N10O14S. The Morgan fingerprint density at radius 3 is 1.47 bits per heavy atom. The highest BCUT2D eigenvalue weighted by Gasteiger charge is 2.25. The highest BCUT2D eigenvalue weighted by Crippen LogP contribution is 2.05. The number of carboxylic acids is 4. The van der Waals surface area contributed by atoms with Gasteiger partial charge in [-0.25, -0.2) is 9.59 Å². The molecule has 1 saturated heterocycles. The monoisotopic (exact) mass is 960 g/mol. The molecule has 1 aliphatic heterocycles. The summed E-state index contributed by atoms with van der Waals surface area (Å²) in [5.41, 5.74) is 0. The number of unbranched alkanes of at least 4 members (excludes halogenated alkanes) is 3. The molecule has 0 aliphatic carbocycles. The SMILES string of the molecule is CCC(=O)CCCCCNC(=O)NCCCCC(NC(=O)CNC(=O)C(CCSC)NC(=O)CCNC(=O)CN1CCN(CC(=O)O)CCN(CC(=O)O)CCN(CC(=O)O)CC1)C(=O)O. The molecule has 10 N–H and O–H groups in total. The number of nitrogens with one attached hydrogen (secondary N) is 6. The first kappa shape index (κ1) is 58.9. The molecule has 25 heteroatoms. The van der Waals surface area contributed by atoms with E-state index in [-0.39, 0.29) is 123 Å². The average molecular weight is 961 g/mol. The average Bonchev–Trinajstić information content (AvgIpc) is 3.24. The van der Waals surface area contributed by atoms with Gasteiger partial charge in [-0.2, -0.15) is 11.8 Å². The van der Waals surface area contributed by atoms with Crippen molar-refractivity contribution in [3.8, 4) is 0 Å². The van der Waals surface area contributed by atoms with Crippen molar-refractivity contribution in [2.75, 3.05) is 117 Å². The molecule has 0 aromatic carbocycles. The molecule has 2 atom stereocenters. The summed E-state index contributed by atoms with van der Waals surface area (Å²) in [6, 6.07) is -2.63. The van der Waals surface area contributed by atoms with E-state index in [4.69, 9.17) is 0 Å². The van der Waals surface area contributed by atoms with Crippen LogP contribution in [0.5, 0.6) is 0 Å². The van der Waals surface area contributed by atoms with Crippen LogP contribution in [0.1, 0.15) is 71.1 Å². The minimum atomic E-state index is -1.27. The lowest BCUT2D eigenvalue weighted by atomic mass is 10.1. The zero-order valence-corrected chi connectivity index (χ0v) is 39.1. The molecule has 1 aliphatic rings. The van der Waals surface area contributed by atoms with E-state index in [1.807, 2.05) is 6.92 Å². The van der Waals surface area contributed by atoms with E-state index in [0.29, 0.717) is 38.0 Å². The number of nitrogens with zero attached hydrogens (tertiary/aromatic N) is 4. The van der Waals surface area contributed by atoms with Crippen LogP contribution in [0.25, 0.3) is 0 Å². The molecule has 0 aromatic rings. The van der Waals surface area contributed by atoms with Crippen LogP contribution in [-0.2, 0) is 43.2 Å². The van der Waals surface area contributed by atoms with Gasteiger partial charge in [0, 0.05) is 91.3 Å². The van der Waals surface area contributed by atoms with E-state index >= 15 is 0 Å². The zero-order valence-electron chi connectivity index (χ0n) is 38.3. The molecule has 0 spiro atoms. The second-order valence-electron chi connectivity index (χ2n) is 15.8. The normalized spacial score (nSPS) is 15.4. The van der Waals surface area contributed by atoms with Crippen molar-refractivity contribution < 1.29 is 68.4 Å². The Morgan fingerprint density at radius 2 is 1.00 bits per heavy atom. The number of carbonyl (C=O) groups is 10. The van der Waals surface area contributed by atoms with E-state index in [9.17, 15) is 68.4 Å². The Bertz CT molecular complexity index is 1550. The Labute approximate surface area is 390 Å². The summed E-state index contributed by atoms with van der Waals surface area (Å²) >= 11 is 1.42. The molecule has 1 heterocycles. The van der Waals surface area contributed by atoms with Crippen LogP contribution >= 0.6 is 11.8 Å². The van der Waals surface area contributed by atoms with Crippen molar-refractivity contribution in [3.63, 3.8) is 0 Å². The summed E-state index contributed by atoms with van der Waals surface area (Å²) in [5, 5.41) is 53.4. The summed E-state index contributed by atoms with van der Waals surface area (Å²) in [6.07, 6.45) is 6.11. The third kappa shape index (κ3) is 30.2. The van der Waals surface area contributed by atoms with Crippen LogP contribution in [0.15, 0.2) is 0 Å². The Kier molecular flexibility index (Phi) is 31.4. The number of urea groups is 1. The van der Waals surface area contributed by atoms with Crippen LogP contribution in [0.4, 0.5) is 4.79 Å². The van der Waals surface area contributed by atoms with Crippen molar-refractivity contribution in [1.82, 2.24) is 51.5 Å². The first-order valence-electron chi connectivity index (χ1n) is 22.3. The van der Waals surface area contributed by atoms with Gasteiger partial charge in [-0.3, -0.25) is 58.0 Å². The first-order chi connectivity index (χ1) is 31.4. The molecule has 376 valence electrons. The van der Waals surface area contributed by atoms with Gasteiger partial charge in [0.05, 0.1) is 32.7 Å². The number of thioether (sulfide) groups is 1. The van der Waals surface area contributed by atoms with E-state index < -0.39 is 66.1 Å². The standard InChI is InChI=1S/C41H72N10O14S/c1-3-30(52)9-5-4-7-13-43-41(65)44-14-8-6-10-32(40(63)64)47-34(54)25-45-39(62)31(12-24-66-2)46-33(53)11-15-42-35(55)26-48-16-18-49(27-36(56)57)20-22-51(29-38(60)61)23-21-50(19-17-48)28-37(58)59/h31-32H,3-29H2,1-2H3,(H,42,55)(H,45,62)(H,46,53)(H,47,54)(H,56,57)(H,58,59)(H,60,61)(H,63,64)(H2,43,44,65). The number of hydrogen-bond donors (Lipinski definition) is 10. The molecule has 24 nitrogen and oxygen atoms in total. The Balaban J connectivity index is 2.62. The predicted octanol–water partition coefficient (Wildman–Crippen LogP) is -2.10. The largest absolute Gasteiger partial charge is 0.480 e. The Morgan fingerprint density at radius 1 is 0.515 bits per heavy atom. The first-order valence-corrected chi connectivity index (χ1v) is 23.7. The fraction of sp³-hybridized carbons (Fsp3) is 0.756. The van der Waals surface area contributed by atoms with Crippen LogP contribution in [0.3, 0.4) is 0 Å². The van der Waals surface area contributed by atoms with Crippen LogP contribution in [0.2, 0.25) is 0 Å². The van der Waals surface area contributed by atoms with Gasteiger partial charge in [-0.05, 0) is 50.5 Å². The molecule has 1 rings (SSSR count). The van der Waals surface area contributed by atoms with Crippen molar-refractivity contribution in [2.24, 2.45) is 0 Å². The summed E-state index contributed by atoms with van der Waals surface area (Å²) in [6.45, 7) is 2.63. The Hall–Kier alpha value is -5.11. The summed E-state index contributed by atoms with van der Waals surface area (Å²) in [5.74, 6) is -6.25. The van der Waals surface area contributed by atoms with Gasteiger partial charge in [-0.15, -0.1) is 0 Å². The number of amides is 6. The van der Waals surface area contributed by atoms with Crippen LogP contribution < -0.4 is 31.9 Å². The lowest BCUT2D eigenvalue weighted by Crippen LogP contribution is -2.51. The van der Waals surface area contributed by atoms with Gasteiger partial charge in [-0.1, -0.05) is 13.3 Å². The number of Topliss-reactive ketones (excluding diaryl/α,β-unsaturated/α-hetero) is 1. The maximum absolute atomic E-state index is 13.1. The predicted molar refractivity (Wildman–Crippen MR) is 243 cm³/mol. The molecule has 66 heavy (non-hydrogen) atoms. The van der Waals surface area contributed by atoms with E-state index in [1.165, 1.54) is 11.8 Å². The fourth-order valence-corrected chi connectivity index (χ4v) is 7.14. The molecule has 0 radical (unpaired) electrons. The number of carboxylic acid groups (broad SMARTS) is 4. The van der Waals surface area contributed by atoms with Gasteiger partial charge in [0.25, 0.3) is 0 Å². The lowest BCUT2D eigenvalue weighted by molar-refractivity contribution is -0.142. The molecule has 0 saturated carbocycles. The van der Waals surface area contributed by atoms with Gasteiger partial charge >= 0.3 is 29.9 Å². The van der Waals surface area contributed by atoms with Gasteiger partial charge < -0.3 is 52.3 Å². The quantitative estimate of drug-likeness (QED) is 0.0323. The third-order valence-electron chi connectivity index (χ3n) is 10.4. The maximum Gasteiger partial charge on any atom is 0.326 e. The number of carbonyl (C=O) groups excluding carboxylic acids is 6. The molecule has 6 amide bonds. The number of rotatable bonds is 32. The minimum Gasteiger partial charge on any atom is -0.480 e. The second-order valence-corrected chi connectivity index (χ2v) is 16.8. The maximum atomic E-state index is 13.1. The topological polar surface area (TPSA) is 337 Å². The van der Waals surface area contributed by atoms with E-state index in [1.54, 1.807) is 25.9 Å². The van der Waals surface area contributed by atoms with Gasteiger partial charge in [0.2, 0.25) is 23.6 Å². The van der Waals surface area contributed by atoms with Crippen molar-refractivity contribution in [2.45, 2.75) is 83.2 Å². The van der Waals surface area contributed by atoms with Gasteiger partial charge in [0.15, 0.2) is 0 Å². The molecular weight excluding hydrogens is 889 g/mol. The lowest BCUT2D eigenvalue weighted by Gasteiger charge is -2.32. The van der Waals surface area contributed by atoms with Crippen molar-refractivity contribution in [3.05, 3.63) is 0 Å². The van der Waals surface area contributed by atoms with Crippen LogP contribution in [-0.4, -0.2) is 228 Å². The summed E-state index contributed by atoms with van der Waals surface area (Å²) in [7, 11) is 0. The van der Waals surface area contributed by atoms with Gasteiger partial charge in [0.1, 0.15) is 17.9 Å². The zero-order chi connectivity index (χ0) is 49.3. The molecule has 0 bridgehead atoms. The highest BCUT2D eigenvalue weighted by atomic mass is 32.2. The second kappa shape index (κ2) is 35.1. The van der Waals surface area contributed by atoms with E-state index in [0.717, 1.165) is 19.3 Å². The molecule has 0 aromatic heterocycles. The summed E-state index contributed by atoms with van der Waals surface area (Å²) < 4.78 is 0. The highest BCUT2D eigenvalue weighted by molar-refractivity contribution is 7.98.